The Hall–Kier alpha value is -1.69. The number of hydrogen-bond donors (Lipinski definition) is 2. The van der Waals surface area contributed by atoms with Gasteiger partial charge in [0.25, 0.3) is 0 Å². The van der Waals surface area contributed by atoms with Gasteiger partial charge in [-0.1, -0.05) is 12.8 Å². The Morgan fingerprint density at radius 3 is 2.62 bits per heavy atom. The lowest BCUT2D eigenvalue weighted by Crippen LogP contribution is -2.68. The molecule has 0 bridgehead atoms. The molecule has 6 heteroatoms. The average molecular weight is 328 g/mol. The first kappa shape index (κ1) is 14.6. The number of anilines is 1. The fourth-order valence-electron chi connectivity index (χ4n) is 5.17. The van der Waals surface area contributed by atoms with Crippen molar-refractivity contribution < 1.29 is 9.53 Å². The normalized spacial score (nSPS) is 33.1. The maximum absolute atomic E-state index is 12.5. The third-order valence-corrected chi connectivity index (χ3v) is 6.44. The van der Waals surface area contributed by atoms with Gasteiger partial charge in [0.15, 0.2) is 0 Å². The first-order chi connectivity index (χ1) is 11.8. The summed E-state index contributed by atoms with van der Waals surface area (Å²) in [6.07, 6.45) is 12.1. The molecule has 6 nitrogen and oxygen atoms in total. The highest BCUT2D eigenvalue weighted by atomic mass is 16.5. The van der Waals surface area contributed by atoms with Crippen LogP contribution in [0, 0.1) is 11.3 Å². The molecular weight excluding hydrogens is 304 g/mol. The van der Waals surface area contributed by atoms with Crippen LogP contribution in [0.1, 0.15) is 56.7 Å². The second-order valence-electron chi connectivity index (χ2n) is 7.86. The molecule has 2 heterocycles. The van der Waals surface area contributed by atoms with E-state index in [9.17, 15) is 4.79 Å². The number of carbonyl (C=O) groups is 1. The van der Waals surface area contributed by atoms with Crippen molar-refractivity contribution in [2.75, 3.05) is 11.9 Å². The van der Waals surface area contributed by atoms with Crippen LogP contribution in [0.2, 0.25) is 0 Å². The zero-order valence-electron chi connectivity index (χ0n) is 13.8. The van der Waals surface area contributed by atoms with Crippen LogP contribution in [0.4, 0.5) is 10.5 Å². The van der Waals surface area contributed by atoms with E-state index >= 15 is 0 Å². The van der Waals surface area contributed by atoms with Gasteiger partial charge in [-0.2, -0.15) is 0 Å². The smallest absolute Gasteiger partial charge is 0.319 e. The van der Waals surface area contributed by atoms with Crippen LogP contribution in [-0.4, -0.2) is 34.8 Å². The maximum Gasteiger partial charge on any atom is 0.319 e. The Bertz CT molecular complexity index is 637. The number of aromatic nitrogens is 2. The minimum atomic E-state index is -0.139. The predicted octanol–water partition coefficient (Wildman–Crippen LogP) is 2.82. The summed E-state index contributed by atoms with van der Waals surface area (Å²) in [5.74, 6) is 1.92. The summed E-state index contributed by atoms with van der Waals surface area (Å²) < 4.78 is 5.97. The lowest BCUT2D eigenvalue weighted by Gasteiger charge is -2.56. The van der Waals surface area contributed by atoms with E-state index in [4.69, 9.17) is 4.74 Å². The molecule has 0 aromatic carbocycles. The molecule has 2 N–H and O–H groups in total. The van der Waals surface area contributed by atoms with Gasteiger partial charge in [-0.15, -0.1) is 0 Å². The van der Waals surface area contributed by atoms with Crippen LogP contribution in [-0.2, 0) is 4.74 Å². The molecule has 1 spiro atoms. The highest BCUT2D eigenvalue weighted by Gasteiger charge is 2.65. The van der Waals surface area contributed by atoms with Gasteiger partial charge < -0.3 is 15.4 Å². The van der Waals surface area contributed by atoms with E-state index in [0.717, 1.165) is 18.9 Å². The zero-order valence-corrected chi connectivity index (χ0v) is 13.8. The van der Waals surface area contributed by atoms with Gasteiger partial charge in [0, 0.05) is 29.9 Å². The largest absolute Gasteiger partial charge is 0.377 e. The number of nitrogens with one attached hydrogen (secondary N) is 2. The van der Waals surface area contributed by atoms with Crippen molar-refractivity contribution in [1.82, 2.24) is 15.3 Å². The first-order valence-corrected chi connectivity index (χ1v) is 9.27. The highest BCUT2D eigenvalue weighted by Crippen LogP contribution is 2.60. The number of ether oxygens (including phenoxy) is 1. The Morgan fingerprint density at radius 1 is 1.17 bits per heavy atom. The predicted molar refractivity (Wildman–Crippen MR) is 88.7 cm³/mol. The molecule has 3 aliphatic carbocycles. The van der Waals surface area contributed by atoms with Crippen LogP contribution in [0.15, 0.2) is 12.4 Å². The number of fused-ring (bicyclic) bond motifs is 2. The number of hydrogen-bond acceptors (Lipinski definition) is 4. The fourth-order valence-corrected chi connectivity index (χ4v) is 5.17. The van der Waals surface area contributed by atoms with Crippen molar-refractivity contribution >= 4 is 11.7 Å². The van der Waals surface area contributed by atoms with Gasteiger partial charge in [0.2, 0.25) is 0 Å². The maximum atomic E-state index is 12.5. The molecule has 2 amide bonds. The summed E-state index contributed by atoms with van der Waals surface area (Å²) in [4.78, 5) is 21.2. The number of urea groups is 1. The average Bonchev–Trinajstić information content (AvgIpc) is 3.13. The second kappa shape index (κ2) is 5.41. The molecule has 1 aliphatic heterocycles. The summed E-state index contributed by atoms with van der Waals surface area (Å²) >= 11 is 0. The Balaban J connectivity index is 1.24. The topological polar surface area (TPSA) is 76.1 Å². The molecule has 3 atom stereocenters. The zero-order chi connectivity index (χ0) is 16.1. The Kier molecular flexibility index (Phi) is 3.30. The van der Waals surface area contributed by atoms with Crippen molar-refractivity contribution in [3.05, 3.63) is 18.2 Å². The first-order valence-electron chi connectivity index (χ1n) is 9.27. The van der Waals surface area contributed by atoms with Crippen molar-refractivity contribution in [2.24, 2.45) is 11.3 Å². The van der Waals surface area contributed by atoms with Crippen LogP contribution in [0.3, 0.4) is 0 Å². The summed E-state index contributed by atoms with van der Waals surface area (Å²) in [6.45, 7) is 0.841. The van der Waals surface area contributed by atoms with Crippen LogP contribution in [0.5, 0.6) is 0 Å². The van der Waals surface area contributed by atoms with Crippen LogP contribution >= 0.6 is 0 Å². The minimum Gasteiger partial charge on any atom is -0.377 e. The van der Waals surface area contributed by atoms with Crippen molar-refractivity contribution in [3.8, 4) is 0 Å². The molecule has 0 unspecified atom stereocenters. The van der Waals surface area contributed by atoms with Crippen LogP contribution < -0.4 is 10.6 Å². The van der Waals surface area contributed by atoms with Gasteiger partial charge in [0.05, 0.1) is 24.2 Å². The molecule has 1 aromatic rings. The molecule has 4 fully saturated rings. The Morgan fingerprint density at radius 2 is 1.92 bits per heavy atom. The lowest BCUT2D eigenvalue weighted by molar-refractivity contribution is -0.125. The number of amides is 2. The standard InChI is InChI=1S/C18H24N4O2/c23-17(21-12-9-19-16(20-10-12)11-3-4-11)22-14-13-5-8-24-15(13)18(14)6-1-2-7-18/h9-11,13-15H,1-8H2,(H2,21,22,23)/t13-,14-,15+/m1/s1. The van der Waals surface area contributed by atoms with Gasteiger partial charge in [-0.05, 0) is 32.1 Å². The third-order valence-electron chi connectivity index (χ3n) is 6.44. The van der Waals surface area contributed by atoms with Crippen LogP contribution in [0.25, 0.3) is 0 Å². The van der Waals surface area contributed by atoms with E-state index in [2.05, 4.69) is 20.6 Å². The molecule has 128 valence electrons. The van der Waals surface area contributed by atoms with Gasteiger partial charge in [-0.3, -0.25) is 0 Å². The monoisotopic (exact) mass is 328 g/mol. The van der Waals surface area contributed by atoms with E-state index in [-0.39, 0.29) is 17.5 Å². The molecule has 5 rings (SSSR count). The van der Waals surface area contributed by atoms with E-state index in [1.54, 1.807) is 12.4 Å². The molecule has 1 aromatic heterocycles. The molecule has 0 radical (unpaired) electrons. The van der Waals surface area contributed by atoms with E-state index in [1.165, 1.54) is 38.5 Å². The highest BCUT2D eigenvalue weighted by molar-refractivity contribution is 5.89. The Labute approximate surface area is 141 Å². The number of rotatable bonds is 3. The second-order valence-corrected chi connectivity index (χ2v) is 7.86. The lowest BCUT2D eigenvalue weighted by atomic mass is 9.54. The third kappa shape index (κ3) is 2.23. The van der Waals surface area contributed by atoms with Gasteiger partial charge >= 0.3 is 6.03 Å². The number of nitrogens with zero attached hydrogens (tertiary/aromatic N) is 2. The SMILES string of the molecule is O=C(Nc1cnc(C2CC2)nc1)N[C@@H]1[C@H]2CCO[C@@H]2C12CCCC2. The quantitative estimate of drug-likeness (QED) is 0.894. The summed E-state index contributed by atoms with van der Waals surface area (Å²) in [6, 6.07) is 0.110. The van der Waals surface area contributed by atoms with E-state index < -0.39 is 0 Å². The van der Waals surface area contributed by atoms with Crippen molar-refractivity contribution in [1.29, 1.82) is 0 Å². The van der Waals surface area contributed by atoms with Gasteiger partial charge in [-0.25, -0.2) is 14.8 Å². The fraction of sp³-hybridized carbons (Fsp3) is 0.722. The van der Waals surface area contributed by atoms with Crippen molar-refractivity contribution in [3.63, 3.8) is 0 Å². The molecule has 1 saturated heterocycles. The molecule has 3 saturated carbocycles. The molecular formula is C18H24N4O2. The summed E-state index contributed by atoms with van der Waals surface area (Å²) in [5, 5.41) is 6.13. The molecule has 4 aliphatic rings. The number of carbonyl (C=O) groups excluding carboxylic acids is 1. The van der Waals surface area contributed by atoms with Crippen molar-refractivity contribution in [2.45, 2.75) is 63.0 Å². The van der Waals surface area contributed by atoms with Gasteiger partial charge in [0.1, 0.15) is 5.82 Å². The minimum absolute atomic E-state index is 0.139. The molecule has 24 heavy (non-hydrogen) atoms. The van der Waals surface area contributed by atoms with E-state index in [0.29, 0.717) is 23.6 Å². The van der Waals surface area contributed by atoms with E-state index in [1.807, 2.05) is 0 Å². The summed E-state index contributed by atoms with van der Waals surface area (Å²) in [5.41, 5.74) is 0.848. The summed E-state index contributed by atoms with van der Waals surface area (Å²) in [7, 11) is 0.